The van der Waals surface area contributed by atoms with E-state index in [9.17, 15) is 14.4 Å². The number of imide groups is 1. The van der Waals surface area contributed by atoms with Crippen LogP contribution in [0.5, 0.6) is 0 Å². The molecule has 0 aromatic heterocycles. The van der Waals surface area contributed by atoms with Gasteiger partial charge in [-0.05, 0) is 30.7 Å². The van der Waals surface area contributed by atoms with Crippen molar-refractivity contribution in [2.24, 2.45) is 11.8 Å². The molecule has 3 amide bonds. The highest BCUT2D eigenvalue weighted by molar-refractivity contribution is 6.09. The van der Waals surface area contributed by atoms with Gasteiger partial charge in [0.15, 0.2) is 0 Å². The van der Waals surface area contributed by atoms with Crippen LogP contribution in [-0.4, -0.2) is 29.2 Å². The first-order chi connectivity index (χ1) is 10.1. The fraction of sp³-hybridized carbons (Fsp3) is 0.333. The maximum absolute atomic E-state index is 11.8. The van der Waals surface area contributed by atoms with E-state index >= 15 is 0 Å². The third kappa shape index (κ3) is 2.50. The highest BCUT2D eigenvalue weighted by Gasteiger charge is 2.58. The molecular formula is C15H13N3O3. The SMILES string of the molecule is N#Cc1ccc(NC(=O)CCN2C(=O)C3CC3C2=O)cc1. The molecular weight excluding hydrogens is 270 g/mol. The lowest BCUT2D eigenvalue weighted by Gasteiger charge is -2.15. The molecule has 1 aromatic carbocycles. The summed E-state index contributed by atoms with van der Waals surface area (Å²) in [7, 11) is 0. The monoisotopic (exact) mass is 283 g/mol. The molecule has 1 saturated carbocycles. The van der Waals surface area contributed by atoms with Crippen LogP contribution in [0, 0.1) is 23.2 Å². The lowest BCUT2D eigenvalue weighted by molar-refractivity contribution is -0.141. The number of benzene rings is 1. The molecule has 2 unspecified atom stereocenters. The Hall–Kier alpha value is -2.68. The summed E-state index contributed by atoms with van der Waals surface area (Å²) < 4.78 is 0. The zero-order valence-electron chi connectivity index (χ0n) is 11.2. The Kier molecular flexibility index (Phi) is 3.18. The molecule has 21 heavy (non-hydrogen) atoms. The van der Waals surface area contributed by atoms with Crippen molar-refractivity contribution in [1.82, 2.24) is 4.90 Å². The first kappa shape index (κ1) is 13.3. The highest BCUT2D eigenvalue weighted by atomic mass is 16.2. The second kappa shape index (κ2) is 5.02. The van der Waals surface area contributed by atoms with Crippen molar-refractivity contribution >= 4 is 23.4 Å². The van der Waals surface area contributed by atoms with Gasteiger partial charge in [-0.25, -0.2) is 0 Å². The molecule has 6 nitrogen and oxygen atoms in total. The highest BCUT2D eigenvalue weighted by Crippen LogP contribution is 2.46. The summed E-state index contributed by atoms with van der Waals surface area (Å²) in [5, 5.41) is 11.4. The first-order valence-electron chi connectivity index (χ1n) is 6.75. The van der Waals surface area contributed by atoms with Crippen LogP contribution in [0.2, 0.25) is 0 Å². The lowest BCUT2D eigenvalue weighted by Crippen LogP contribution is -2.35. The Balaban J connectivity index is 1.51. The maximum Gasteiger partial charge on any atom is 0.233 e. The lowest BCUT2D eigenvalue weighted by atomic mass is 10.2. The van der Waals surface area contributed by atoms with Crippen LogP contribution in [0.3, 0.4) is 0 Å². The van der Waals surface area contributed by atoms with E-state index in [1.54, 1.807) is 24.3 Å². The summed E-state index contributed by atoms with van der Waals surface area (Å²) in [6, 6.07) is 8.48. The van der Waals surface area contributed by atoms with Crippen molar-refractivity contribution < 1.29 is 14.4 Å². The van der Waals surface area contributed by atoms with Crippen LogP contribution in [0.25, 0.3) is 0 Å². The minimum atomic E-state index is -0.263. The number of nitriles is 1. The topological polar surface area (TPSA) is 90.3 Å². The maximum atomic E-state index is 11.8. The second-order valence-electron chi connectivity index (χ2n) is 5.26. The number of carbonyl (C=O) groups excluding carboxylic acids is 3. The molecule has 3 rings (SSSR count). The fourth-order valence-corrected chi connectivity index (χ4v) is 2.54. The smallest absolute Gasteiger partial charge is 0.233 e. The Bertz CT molecular complexity index is 640. The third-order valence-corrected chi connectivity index (χ3v) is 3.82. The average molecular weight is 283 g/mol. The Morgan fingerprint density at radius 1 is 1.24 bits per heavy atom. The van der Waals surface area contributed by atoms with Gasteiger partial charge in [0.1, 0.15) is 0 Å². The normalized spacial score (nSPS) is 22.7. The Labute approximate surface area is 121 Å². The molecule has 1 aliphatic heterocycles. The number of anilines is 1. The van der Waals surface area contributed by atoms with Gasteiger partial charge in [0.2, 0.25) is 17.7 Å². The molecule has 1 saturated heterocycles. The molecule has 2 atom stereocenters. The van der Waals surface area contributed by atoms with Gasteiger partial charge in [0.05, 0.1) is 23.5 Å². The Morgan fingerprint density at radius 2 is 1.86 bits per heavy atom. The van der Waals surface area contributed by atoms with E-state index in [0.29, 0.717) is 17.7 Å². The van der Waals surface area contributed by atoms with E-state index in [1.165, 1.54) is 4.90 Å². The summed E-state index contributed by atoms with van der Waals surface area (Å²) in [6.07, 6.45) is 0.753. The fourth-order valence-electron chi connectivity index (χ4n) is 2.54. The Morgan fingerprint density at radius 3 is 2.43 bits per heavy atom. The average Bonchev–Trinajstić information content (AvgIpc) is 3.24. The van der Waals surface area contributed by atoms with E-state index in [-0.39, 0.29) is 42.5 Å². The van der Waals surface area contributed by atoms with Crippen LogP contribution >= 0.6 is 0 Å². The molecule has 1 N–H and O–H groups in total. The van der Waals surface area contributed by atoms with E-state index in [1.807, 2.05) is 6.07 Å². The first-order valence-corrected chi connectivity index (χ1v) is 6.75. The van der Waals surface area contributed by atoms with Gasteiger partial charge in [0, 0.05) is 18.7 Å². The summed E-state index contributed by atoms with van der Waals surface area (Å²) in [6.45, 7) is 0.132. The van der Waals surface area contributed by atoms with Gasteiger partial charge in [0.25, 0.3) is 0 Å². The van der Waals surface area contributed by atoms with Gasteiger partial charge in [-0.1, -0.05) is 0 Å². The number of amides is 3. The van der Waals surface area contributed by atoms with Gasteiger partial charge in [-0.3, -0.25) is 19.3 Å². The molecule has 106 valence electrons. The number of hydrogen-bond donors (Lipinski definition) is 1. The summed E-state index contributed by atoms with van der Waals surface area (Å²) in [5.74, 6) is -0.800. The van der Waals surface area contributed by atoms with Crippen molar-refractivity contribution in [1.29, 1.82) is 5.26 Å². The number of likely N-dealkylation sites (tertiary alicyclic amines) is 1. The summed E-state index contributed by atoms with van der Waals surface area (Å²) in [4.78, 5) is 36.5. The molecule has 1 aromatic rings. The summed E-state index contributed by atoms with van der Waals surface area (Å²) >= 11 is 0. The van der Waals surface area contributed by atoms with Crippen molar-refractivity contribution in [2.75, 3.05) is 11.9 Å². The standard InChI is InChI=1S/C15H13N3O3/c16-8-9-1-3-10(4-2-9)17-13(19)5-6-18-14(20)11-7-12(11)15(18)21/h1-4,11-12H,5-7H2,(H,17,19). The van der Waals surface area contributed by atoms with Crippen LogP contribution in [-0.2, 0) is 14.4 Å². The molecule has 2 fully saturated rings. The van der Waals surface area contributed by atoms with E-state index in [2.05, 4.69) is 5.32 Å². The third-order valence-electron chi connectivity index (χ3n) is 3.82. The minimum Gasteiger partial charge on any atom is -0.326 e. The van der Waals surface area contributed by atoms with E-state index in [0.717, 1.165) is 0 Å². The van der Waals surface area contributed by atoms with Crippen LogP contribution in [0.1, 0.15) is 18.4 Å². The number of rotatable bonds is 4. The molecule has 0 radical (unpaired) electrons. The number of hydrogen-bond acceptors (Lipinski definition) is 4. The van der Waals surface area contributed by atoms with Gasteiger partial charge in [-0.15, -0.1) is 0 Å². The van der Waals surface area contributed by atoms with Crippen molar-refractivity contribution in [3.8, 4) is 6.07 Å². The molecule has 6 heteroatoms. The quantitative estimate of drug-likeness (QED) is 0.831. The number of piperidine rings is 1. The predicted molar refractivity (Wildman–Crippen MR) is 72.7 cm³/mol. The second-order valence-corrected chi connectivity index (χ2v) is 5.26. The molecule has 0 bridgehead atoms. The summed E-state index contributed by atoms with van der Waals surface area (Å²) in [5.41, 5.74) is 1.10. The van der Waals surface area contributed by atoms with E-state index < -0.39 is 0 Å². The number of nitrogens with zero attached hydrogens (tertiary/aromatic N) is 2. The number of carbonyl (C=O) groups is 3. The van der Waals surface area contributed by atoms with Crippen LogP contribution < -0.4 is 5.32 Å². The predicted octanol–water partition coefficient (Wildman–Crippen LogP) is 0.892. The molecule has 1 aliphatic carbocycles. The van der Waals surface area contributed by atoms with Gasteiger partial charge >= 0.3 is 0 Å². The van der Waals surface area contributed by atoms with Crippen LogP contribution in [0.15, 0.2) is 24.3 Å². The van der Waals surface area contributed by atoms with E-state index in [4.69, 9.17) is 5.26 Å². The van der Waals surface area contributed by atoms with Crippen molar-refractivity contribution in [3.05, 3.63) is 29.8 Å². The van der Waals surface area contributed by atoms with Crippen LogP contribution in [0.4, 0.5) is 5.69 Å². The molecule has 0 spiro atoms. The van der Waals surface area contributed by atoms with Crippen molar-refractivity contribution in [3.63, 3.8) is 0 Å². The molecule has 1 heterocycles. The van der Waals surface area contributed by atoms with Crippen molar-refractivity contribution in [2.45, 2.75) is 12.8 Å². The number of fused-ring (bicyclic) bond motifs is 1. The van der Waals surface area contributed by atoms with Gasteiger partial charge < -0.3 is 5.32 Å². The number of nitrogens with one attached hydrogen (secondary N) is 1. The van der Waals surface area contributed by atoms with Gasteiger partial charge in [-0.2, -0.15) is 5.26 Å². The minimum absolute atomic E-state index is 0.0803. The largest absolute Gasteiger partial charge is 0.326 e. The zero-order chi connectivity index (χ0) is 15.0. The zero-order valence-corrected chi connectivity index (χ0v) is 11.2. The molecule has 2 aliphatic rings.